The summed E-state index contributed by atoms with van der Waals surface area (Å²) in [6, 6.07) is 0.235. The van der Waals surface area contributed by atoms with Crippen molar-refractivity contribution >= 4 is 33.7 Å². The summed E-state index contributed by atoms with van der Waals surface area (Å²) in [5, 5.41) is 10.3. The largest absolute Gasteiger partial charge is 0.392 e. The number of anilines is 1. The van der Waals surface area contributed by atoms with E-state index in [1.807, 2.05) is 6.92 Å². The molecule has 1 unspecified atom stereocenters. The number of rotatable bonds is 4. The van der Waals surface area contributed by atoms with Crippen LogP contribution in [0.25, 0.3) is 0 Å². The van der Waals surface area contributed by atoms with Crippen LogP contribution in [0.3, 0.4) is 0 Å². The Morgan fingerprint density at radius 1 is 1.39 bits per heavy atom. The lowest BCUT2D eigenvalue weighted by molar-refractivity contribution is 0.224. The Bertz CT molecular complexity index is 411. The number of nitrogens with zero attached hydrogens (tertiary/aromatic N) is 4. The summed E-state index contributed by atoms with van der Waals surface area (Å²) in [6.45, 7) is 8.01. The van der Waals surface area contributed by atoms with Gasteiger partial charge >= 0.3 is 0 Å². The number of hydrogen-bond donors (Lipinski definition) is 1. The average Bonchev–Trinajstić information content (AvgIpc) is 2.77. The maximum Gasteiger partial charge on any atom is 0.208 e. The van der Waals surface area contributed by atoms with Gasteiger partial charge in [0.25, 0.3) is 0 Å². The van der Waals surface area contributed by atoms with Gasteiger partial charge in [-0.3, -0.25) is 4.90 Å². The fraction of sp³-hybridized carbons (Fsp3) is 0.727. The first-order valence-electron chi connectivity index (χ1n) is 6.20. The van der Waals surface area contributed by atoms with Crippen LogP contribution >= 0.6 is 23.6 Å². The lowest BCUT2D eigenvalue weighted by atomic mass is 10.1. The molecule has 0 spiro atoms. The SMILES string of the molecule is CCC(C(N)=S)N1CCN(c2nnc(C)s2)CC1. The summed E-state index contributed by atoms with van der Waals surface area (Å²) in [6.07, 6.45) is 0.979. The molecule has 1 atom stereocenters. The molecule has 1 aliphatic rings. The summed E-state index contributed by atoms with van der Waals surface area (Å²) < 4.78 is 0. The van der Waals surface area contributed by atoms with Crippen molar-refractivity contribution in [2.75, 3.05) is 31.1 Å². The van der Waals surface area contributed by atoms with E-state index in [0.717, 1.165) is 42.7 Å². The Hall–Kier alpha value is -0.790. The van der Waals surface area contributed by atoms with Crippen LogP contribution in [0.5, 0.6) is 0 Å². The van der Waals surface area contributed by atoms with E-state index in [1.165, 1.54) is 0 Å². The summed E-state index contributed by atoms with van der Waals surface area (Å²) >= 11 is 6.78. The molecule has 2 rings (SSSR count). The molecule has 0 aromatic carbocycles. The van der Waals surface area contributed by atoms with E-state index >= 15 is 0 Å². The predicted molar refractivity (Wildman–Crippen MR) is 79.3 cm³/mol. The lowest BCUT2D eigenvalue weighted by Crippen LogP contribution is -2.53. The van der Waals surface area contributed by atoms with E-state index in [4.69, 9.17) is 18.0 Å². The minimum Gasteiger partial charge on any atom is -0.392 e. The zero-order valence-corrected chi connectivity index (χ0v) is 12.4. The molecular formula is C11H19N5S2. The minimum absolute atomic E-state index is 0.235. The van der Waals surface area contributed by atoms with Crippen LogP contribution in [0.1, 0.15) is 18.4 Å². The quantitative estimate of drug-likeness (QED) is 0.834. The second-order valence-corrected chi connectivity index (χ2v) is 6.08. The molecule has 1 aliphatic heterocycles. The highest BCUT2D eigenvalue weighted by Gasteiger charge is 2.25. The van der Waals surface area contributed by atoms with E-state index in [1.54, 1.807) is 11.3 Å². The van der Waals surface area contributed by atoms with Gasteiger partial charge in [-0.1, -0.05) is 30.5 Å². The van der Waals surface area contributed by atoms with Crippen LogP contribution in [0.2, 0.25) is 0 Å². The van der Waals surface area contributed by atoms with Gasteiger partial charge in [0.15, 0.2) is 0 Å². The fourth-order valence-corrected chi connectivity index (χ4v) is 3.33. The van der Waals surface area contributed by atoms with Crippen molar-refractivity contribution in [3.05, 3.63) is 5.01 Å². The number of hydrogen-bond acceptors (Lipinski definition) is 6. The van der Waals surface area contributed by atoms with Gasteiger partial charge in [-0.2, -0.15) is 0 Å². The summed E-state index contributed by atoms with van der Waals surface area (Å²) in [7, 11) is 0. The van der Waals surface area contributed by atoms with Crippen molar-refractivity contribution in [3.63, 3.8) is 0 Å². The second kappa shape index (κ2) is 5.90. The Kier molecular flexibility index (Phi) is 4.47. The molecule has 2 heterocycles. The van der Waals surface area contributed by atoms with Gasteiger partial charge in [-0.25, -0.2) is 0 Å². The third-order valence-corrected chi connectivity index (χ3v) is 4.43. The number of piperazine rings is 1. The topological polar surface area (TPSA) is 58.3 Å². The molecular weight excluding hydrogens is 266 g/mol. The van der Waals surface area contributed by atoms with Crippen molar-refractivity contribution in [2.45, 2.75) is 26.3 Å². The minimum atomic E-state index is 0.235. The maximum atomic E-state index is 5.78. The van der Waals surface area contributed by atoms with E-state index < -0.39 is 0 Å². The van der Waals surface area contributed by atoms with Gasteiger partial charge in [-0.15, -0.1) is 10.2 Å². The zero-order chi connectivity index (χ0) is 13.1. The average molecular weight is 285 g/mol. The van der Waals surface area contributed by atoms with Gasteiger partial charge in [0.1, 0.15) is 5.01 Å². The molecule has 1 fully saturated rings. The second-order valence-electron chi connectivity index (χ2n) is 4.45. The molecule has 0 radical (unpaired) electrons. The molecule has 0 aliphatic carbocycles. The molecule has 0 amide bonds. The molecule has 7 heteroatoms. The van der Waals surface area contributed by atoms with Gasteiger partial charge in [0, 0.05) is 26.2 Å². The van der Waals surface area contributed by atoms with Crippen LogP contribution in [0.15, 0.2) is 0 Å². The van der Waals surface area contributed by atoms with Gasteiger partial charge in [0.2, 0.25) is 5.13 Å². The van der Waals surface area contributed by atoms with Gasteiger partial charge in [0.05, 0.1) is 11.0 Å². The highest BCUT2D eigenvalue weighted by Crippen LogP contribution is 2.21. The lowest BCUT2D eigenvalue weighted by Gasteiger charge is -2.38. The summed E-state index contributed by atoms with van der Waals surface area (Å²) in [4.78, 5) is 5.26. The number of aromatic nitrogens is 2. The number of thiocarbonyl (C=S) groups is 1. The highest BCUT2D eigenvalue weighted by atomic mass is 32.1. The number of aryl methyl sites for hydroxylation is 1. The maximum absolute atomic E-state index is 5.78. The monoisotopic (exact) mass is 285 g/mol. The van der Waals surface area contributed by atoms with Crippen LogP contribution in [-0.2, 0) is 0 Å². The van der Waals surface area contributed by atoms with Crippen LogP contribution in [0.4, 0.5) is 5.13 Å². The molecule has 0 saturated carbocycles. The molecule has 100 valence electrons. The van der Waals surface area contributed by atoms with Crippen LogP contribution in [-0.4, -0.2) is 52.3 Å². The predicted octanol–water partition coefficient (Wildman–Crippen LogP) is 1.03. The third-order valence-electron chi connectivity index (χ3n) is 3.26. The first-order valence-corrected chi connectivity index (χ1v) is 7.42. The molecule has 1 aromatic rings. The van der Waals surface area contributed by atoms with E-state index in [-0.39, 0.29) is 6.04 Å². The highest BCUT2D eigenvalue weighted by molar-refractivity contribution is 7.80. The molecule has 1 saturated heterocycles. The van der Waals surface area contributed by atoms with Crippen LogP contribution in [0, 0.1) is 6.92 Å². The van der Waals surface area contributed by atoms with E-state index in [2.05, 4.69) is 26.9 Å². The molecule has 18 heavy (non-hydrogen) atoms. The van der Waals surface area contributed by atoms with Gasteiger partial charge < -0.3 is 10.6 Å². The van der Waals surface area contributed by atoms with Gasteiger partial charge in [-0.05, 0) is 13.3 Å². The zero-order valence-electron chi connectivity index (χ0n) is 10.8. The summed E-state index contributed by atoms with van der Waals surface area (Å²) in [5.41, 5.74) is 5.78. The van der Waals surface area contributed by atoms with E-state index in [0.29, 0.717) is 4.99 Å². The van der Waals surface area contributed by atoms with Crippen molar-refractivity contribution < 1.29 is 0 Å². The number of nitrogens with two attached hydrogens (primary N) is 1. The van der Waals surface area contributed by atoms with Crippen molar-refractivity contribution in [3.8, 4) is 0 Å². The van der Waals surface area contributed by atoms with Crippen molar-refractivity contribution in [1.29, 1.82) is 0 Å². The first-order chi connectivity index (χ1) is 8.61. The third kappa shape index (κ3) is 2.96. The molecule has 5 nitrogen and oxygen atoms in total. The Labute approximate surface area is 117 Å². The molecule has 2 N–H and O–H groups in total. The smallest absolute Gasteiger partial charge is 0.208 e. The van der Waals surface area contributed by atoms with Crippen molar-refractivity contribution in [2.24, 2.45) is 5.73 Å². The molecule has 0 bridgehead atoms. The van der Waals surface area contributed by atoms with E-state index in [9.17, 15) is 0 Å². The normalized spacial score (nSPS) is 18.9. The Morgan fingerprint density at radius 2 is 2.06 bits per heavy atom. The Balaban J connectivity index is 1.93. The first kappa shape index (κ1) is 13.6. The van der Waals surface area contributed by atoms with Crippen LogP contribution < -0.4 is 10.6 Å². The van der Waals surface area contributed by atoms with Crippen molar-refractivity contribution in [1.82, 2.24) is 15.1 Å². The fourth-order valence-electron chi connectivity index (χ4n) is 2.28. The Morgan fingerprint density at radius 3 is 2.50 bits per heavy atom. The molecule has 1 aromatic heterocycles. The standard InChI is InChI=1S/C11H19N5S2/c1-3-9(10(12)17)15-4-6-16(7-5-15)11-14-13-8(2)18-11/h9H,3-7H2,1-2H3,(H2,12,17). The summed E-state index contributed by atoms with van der Waals surface area (Å²) in [5.74, 6) is 0.